The topological polar surface area (TPSA) is 78.9 Å². The van der Waals surface area contributed by atoms with Crippen LogP contribution in [0, 0.1) is 11.8 Å². The summed E-state index contributed by atoms with van der Waals surface area (Å²) >= 11 is 0. The molecular formula is C18H26N2O4. The van der Waals surface area contributed by atoms with Crippen molar-refractivity contribution in [1.82, 2.24) is 5.32 Å². The van der Waals surface area contributed by atoms with E-state index < -0.39 is 5.92 Å². The third-order valence-corrected chi connectivity index (χ3v) is 4.74. The van der Waals surface area contributed by atoms with Gasteiger partial charge in [-0.2, -0.15) is 0 Å². The number of methoxy groups -OCH3 is 1. The second kappa shape index (κ2) is 8.15. The molecule has 1 aliphatic rings. The highest BCUT2D eigenvalue weighted by Gasteiger charge is 2.36. The zero-order chi connectivity index (χ0) is 17.7. The molecule has 0 spiro atoms. The Kier molecular flexibility index (Phi) is 6.20. The Bertz CT molecular complexity index is 573. The van der Waals surface area contributed by atoms with Gasteiger partial charge in [-0.1, -0.05) is 20.3 Å². The second-order valence-corrected chi connectivity index (χ2v) is 6.29. The Labute approximate surface area is 142 Å². The highest BCUT2D eigenvalue weighted by molar-refractivity contribution is 6.00. The van der Waals surface area contributed by atoms with Crippen LogP contribution in [0.5, 0.6) is 5.75 Å². The number of carbonyl (C=O) groups is 2. The van der Waals surface area contributed by atoms with Crippen LogP contribution in [0.4, 0.5) is 5.69 Å². The number of ether oxygens (including phenoxy) is 1. The molecule has 24 heavy (non-hydrogen) atoms. The zero-order valence-electron chi connectivity index (χ0n) is 14.5. The molecular weight excluding hydrogens is 308 g/mol. The normalized spacial score (nSPS) is 19.9. The molecule has 0 bridgehead atoms. The lowest BCUT2D eigenvalue weighted by Gasteiger charge is -2.24. The lowest BCUT2D eigenvalue weighted by atomic mass is 9.98. The van der Waals surface area contributed by atoms with E-state index in [1.165, 1.54) is 0 Å². The average Bonchev–Trinajstić information content (AvgIpc) is 3.00. The minimum absolute atomic E-state index is 0.0654. The fraction of sp³-hybridized carbons (Fsp3) is 0.556. The van der Waals surface area contributed by atoms with Crippen LogP contribution >= 0.6 is 0 Å². The molecule has 1 heterocycles. The van der Waals surface area contributed by atoms with Gasteiger partial charge in [-0.15, -0.1) is 0 Å². The summed E-state index contributed by atoms with van der Waals surface area (Å²) in [4.78, 5) is 26.3. The van der Waals surface area contributed by atoms with E-state index in [4.69, 9.17) is 4.74 Å². The van der Waals surface area contributed by atoms with Crippen molar-refractivity contribution in [1.29, 1.82) is 0 Å². The highest BCUT2D eigenvalue weighted by Crippen LogP contribution is 2.27. The molecule has 0 aliphatic carbocycles. The van der Waals surface area contributed by atoms with Crippen molar-refractivity contribution in [3.05, 3.63) is 24.3 Å². The number of anilines is 1. The standard InChI is InChI=1S/C18H26N2O4/c1-4-12(2)16(11-21)19-18(23)13-9-17(22)20(10-13)14-5-7-15(24-3)8-6-14/h5-8,12-13,16,21H,4,9-11H2,1-3H3,(H,19,23)/t12-,13+,16-/m0/s1. The monoisotopic (exact) mass is 334 g/mol. The number of benzene rings is 1. The van der Waals surface area contributed by atoms with Gasteiger partial charge in [0.15, 0.2) is 0 Å². The summed E-state index contributed by atoms with van der Waals surface area (Å²) in [6, 6.07) is 6.94. The lowest BCUT2D eigenvalue weighted by molar-refractivity contribution is -0.127. The van der Waals surface area contributed by atoms with E-state index in [9.17, 15) is 14.7 Å². The highest BCUT2D eigenvalue weighted by atomic mass is 16.5. The number of nitrogens with one attached hydrogen (secondary N) is 1. The molecule has 132 valence electrons. The summed E-state index contributed by atoms with van der Waals surface area (Å²) in [6.07, 6.45) is 1.06. The summed E-state index contributed by atoms with van der Waals surface area (Å²) in [7, 11) is 1.59. The van der Waals surface area contributed by atoms with Crippen molar-refractivity contribution in [3.8, 4) is 5.75 Å². The van der Waals surface area contributed by atoms with Gasteiger partial charge in [-0.3, -0.25) is 9.59 Å². The van der Waals surface area contributed by atoms with Gasteiger partial charge in [0.25, 0.3) is 0 Å². The molecule has 1 aliphatic heterocycles. The van der Waals surface area contributed by atoms with Crippen molar-refractivity contribution in [2.24, 2.45) is 11.8 Å². The van der Waals surface area contributed by atoms with Gasteiger partial charge in [0.05, 0.1) is 25.7 Å². The average molecular weight is 334 g/mol. The predicted octanol–water partition coefficient (Wildman–Crippen LogP) is 1.57. The number of carbonyl (C=O) groups excluding carboxylic acids is 2. The quantitative estimate of drug-likeness (QED) is 0.793. The van der Waals surface area contributed by atoms with Crippen molar-refractivity contribution in [2.75, 3.05) is 25.2 Å². The van der Waals surface area contributed by atoms with E-state index in [1.54, 1.807) is 24.1 Å². The van der Waals surface area contributed by atoms with E-state index in [0.29, 0.717) is 6.54 Å². The van der Waals surface area contributed by atoms with Gasteiger partial charge >= 0.3 is 0 Å². The minimum atomic E-state index is -0.391. The SMILES string of the molecule is CC[C@H](C)[C@H](CO)NC(=O)[C@@H]1CC(=O)N(c2ccc(OC)cc2)C1. The van der Waals surface area contributed by atoms with Gasteiger partial charge in [-0.05, 0) is 30.2 Å². The Morgan fingerprint density at radius 2 is 2.08 bits per heavy atom. The first kappa shape index (κ1) is 18.3. The molecule has 0 unspecified atom stereocenters. The largest absolute Gasteiger partial charge is 0.497 e. The van der Waals surface area contributed by atoms with Crippen LogP contribution < -0.4 is 15.0 Å². The van der Waals surface area contributed by atoms with Gasteiger partial charge < -0.3 is 20.1 Å². The van der Waals surface area contributed by atoms with E-state index >= 15 is 0 Å². The number of nitrogens with zero attached hydrogens (tertiary/aromatic N) is 1. The molecule has 1 fully saturated rings. The number of amides is 2. The molecule has 1 aromatic rings. The minimum Gasteiger partial charge on any atom is -0.497 e. The number of hydrogen-bond donors (Lipinski definition) is 2. The van der Waals surface area contributed by atoms with Gasteiger partial charge in [0.1, 0.15) is 5.75 Å². The molecule has 1 aromatic carbocycles. The second-order valence-electron chi connectivity index (χ2n) is 6.29. The smallest absolute Gasteiger partial charge is 0.227 e. The molecule has 6 nitrogen and oxygen atoms in total. The Morgan fingerprint density at radius 1 is 1.42 bits per heavy atom. The lowest BCUT2D eigenvalue weighted by Crippen LogP contribution is -2.45. The van der Waals surface area contributed by atoms with Crippen molar-refractivity contribution in [2.45, 2.75) is 32.7 Å². The predicted molar refractivity (Wildman–Crippen MR) is 91.9 cm³/mol. The Balaban J connectivity index is 2.01. The Hall–Kier alpha value is -2.08. The number of aliphatic hydroxyl groups is 1. The van der Waals surface area contributed by atoms with Crippen LogP contribution in [0.3, 0.4) is 0 Å². The fourth-order valence-electron chi connectivity index (χ4n) is 2.85. The van der Waals surface area contributed by atoms with Crippen molar-refractivity contribution < 1.29 is 19.4 Å². The molecule has 2 rings (SSSR count). The first-order valence-electron chi connectivity index (χ1n) is 8.35. The van der Waals surface area contributed by atoms with Gasteiger partial charge in [0.2, 0.25) is 11.8 Å². The third-order valence-electron chi connectivity index (χ3n) is 4.74. The summed E-state index contributed by atoms with van der Waals surface area (Å²) in [5, 5.41) is 12.3. The van der Waals surface area contributed by atoms with Crippen LogP contribution in [-0.4, -0.2) is 43.2 Å². The van der Waals surface area contributed by atoms with Crippen LogP contribution in [0.2, 0.25) is 0 Å². The molecule has 3 atom stereocenters. The van der Waals surface area contributed by atoms with Crippen LogP contribution in [0.25, 0.3) is 0 Å². The van der Waals surface area contributed by atoms with E-state index in [2.05, 4.69) is 5.32 Å². The molecule has 0 aromatic heterocycles. The fourth-order valence-corrected chi connectivity index (χ4v) is 2.85. The number of rotatable bonds is 7. The Morgan fingerprint density at radius 3 is 2.62 bits per heavy atom. The van der Waals surface area contributed by atoms with E-state index in [-0.39, 0.29) is 36.8 Å². The summed E-state index contributed by atoms with van der Waals surface area (Å²) in [6.45, 7) is 4.27. The van der Waals surface area contributed by atoms with Gasteiger partial charge in [0, 0.05) is 18.7 Å². The van der Waals surface area contributed by atoms with Crippen LogP contribution in [0.1, 0.15) is 26.7 Å². The molecule has 0 saturated carbocycles. The molecule has 1 saturated heterocycles. The van der Waals surface area contributed by atoms with Crippen molar-refractivity contribution >= 4 is 17.5 Å². The molecule has 2 amide bonds. The first-order chi connectivity index (χ1) is 11.5. The van der Waals surface area contributed by atoms with E-state index in [1.807, 2.05) is 26.0 Å². The maximum Gasteiger partial charge on any atom is 0.227 e. The molecule has 2 N–H and O–H groups in total. The first-order valence-corrected chi connectivity index (χ1v) is 8.35. The summed E-state index contributed by atoms with van der Waals surface area (Å²) < 4.78 is 5.12. The van der Waals surface area contributed by atoms with Crippen molar-refractivity contribution in [3.63, 3.8) is 0 Å². The van der Waals surface area contributed by atoms with Crippen LogP contribution in [0.15, 0.2) is 24.3 Å². The third kappa shape index (κ3) is 4.06. The summed E-state index contributed by atoms with van der Waals surface area (Å²) in [5.41, 5.74) is 0.761. The number of aliphatic hydroxyl groups excluding tert-OH is 1. The molecule has 6 heteroatoms. The molecule has 0 radical (unpaired) electrons. The zero-order valence-corrected chi connectivity index (χ0v) is 14.5. The number of hydrogen-bond acceptors (Lipinski definition) is 4. The van der Waals surface area contributed by atoms with Crippen LogP contribution in [-0.2, 0) is 9.59 Å². The van der Waals surface area contributed by atoms with Gasteiger partial charge in [-0.25, -0.2) is 0 Å². The van der Waals surface area contributed by atoms with E-state index in [0.717, 1.165) is 17.9 Å². The summed E-state index contributed by atoms with van der Waals surface area (Å²) in [5.74, 6) is 0.286. The maximum atomic E-state index is 12.4. The maximum absolute atomic E-state index is 12.4.